The molecule has 0 aliphatic carbocycles. The van der Waals surface area contributed by atoms with Gasteiger partial charge in [0.05, 0.1) is 0 Å². The number of hydrogen-bond acceptors (Lipinski definition) is 4. The van der Waals surface area contributed by atoms with Gasteiger partial charge < -0.3 is 9.80 Å². The second-order valence-corrected chi connectivity index (χ2v) is 4.63. The molecule has 0 radical (unpaired) electrons. The number of nitrogens with zero attached hydrogens (tertiary/aromatic N) is 4. The van der Waals surface area contributed by atoms with Crippen LogP contribution in [0.15, 0.2) is 18.3 Å². The fraction of sp³-hybridized carbons (Fsp3) is 0.583. The third-order valence-electron chi connectivity index (χ3n) is 2.48. The number of urea groups is 1. The largest absolute Gasteiger partial charge is 0.323 e. The standard InChI is InChI=1S/C12H21N5O/c1-10(2)17(9-8-16(3)4)12(18)14-11-6-5-7-13-15-11/h5-7,10H,8-9H2,1-4H3,(H,14,15,18). The Morgan fingerprint density at radius 1 is 1.39 bits per heavy atom. The van der Waals surface area contributed by atoms with Gasteiger partial charge in [-0.25, -0.2) is 4.79 Å². The topological polar surface area (TPSA) is 61.4 Å². The highest BCUT2D eigenvalue weighted by molar-refractivity contribution is 5.88. The summed E-state index contributed by atoms with van der Waals surface area (Å²) in [6, 6.07) is 3.45. The van der Waals surface area contributed by atoms with Crippen LogP contribution in [0.4, 0.5) is 10.6 Å². The summed E-state index contributed by atoms with van der Waals surface area (Å²) in [6.45, 7) is 5.49. The van der Waals surface area contributed by atoms with Crippen molar-refractivity contribution in [1.82, 2.24) is 20.0 Å². The van der Waals surface area contributed by atoms with Crippen molar-refractivity contribution >= 4 is 11.8 Å². The van der Waals surface area contributed by atoms with Crippen molar-refractivity contribution in [3.8, 4) is 0 Å². The van der Waals surface area contributed by atoms with Crippen LogP contribution in [0, 0.1) is 0 Å². The van der Waals surface area contributed by atoms with E-state index >= 15 is 0 Å². The summed E-state index contributed by atoms with van der Waals surface area (Å²) in [5.41, 5.74) is 0. The molecule has 0 saturated heterocycles. The second-order valence-electron chi connectivity index (χ2n) is 4.63. The maximum absolute atomic E-state index is 12.1. The van der Waals surface area contributed by atoms with E-state index in [-0.39, 0.29) is 12.1 Å². The van der Waals surface area contributed by atoms with Gasteiger partial charge in [-0.2, -0.15) is 5.10 Å². The summed E-state index contributed by atoms with van der Waals surface area (Å²) in [5.74, 6) is 0.470. The lowest BCUT2D eigenvalue weighted by Crippen LogP contribution is -2.43. The average molecular weight is 251 g/mol. The Morgan fingerprint density at radius 3 is 2.61 bits per heavy atom. The molecule has 0 aromatic carbocycles. The highest BCUT2D eigenvalue weighted by Gasteiger charge is 2.17. The average Bonchev–Trinajstić information content (AvgIpc) is 2.29. The van der Waals surface area contributed by atoms with Gasteiger partial charge in [-0.05, 0) is 40.1 Å². The van der Waals surface area contributed by atoms with Crippen LogP contribution in [-0.2, 0) is 0 Å². The third-order valence-corrected chi connectivity index (χ3v) is 2.48. The fourth-order valence-electron chi connectivity index (χ4n) is 1.45. The summed E-state index contributed by atoms with van der Waals surface area (Å²) in [7, 11) is 3.97. The van der Waals surface area contributed by atoms with Gasteiger partial charge in [0, 0.05) is 25.3 Å². The Balaban J connectivity index is 2.60. The number of hydrogen-bond donors (Lipinski definition) is 1. The zero-order valence-corrected chi connectivity index (χ0v) is 11.4. The zero-order chi connectivity index (χ0) is 13.5. The first-order valence-corrected chi connectivity index (χ1v) is 6.00. The Kier molecular flexibility index (Phi) is 5.51. The molecule has 0 aliphatic heterocycles. The van der Waals surface area contributed by atoms with Crippen LogP contribution in [0.1, 0.15) is 13.8 Å². The van der Waals surface area contributed by atoms with E-state index in [4.69, 9.17) is 0 Å². The summed E-state index contributed by atoms with van der Waals surface area (Å²) in [5, 5.41) is 10.3. The summed E-state index contributed by atoms with van der Waals surface area (Å²) in [6.07, 6.45) is 1.57. The Hall–Kier alpha value is -1.69. The molecule has 0 aliphatic rings. The molecular weight excluding hydrogens is 230 g/mol. The van der Waals surface area contributed by atoms with E-state index in [1.54, 1.807) is 23.2 Å². The Labute approximate surface area is 108 Å². The monoisotopic (exact) mass is 251 g/mol. The second kappa shape index (κ2) is 6.90. The fourth-order valence-corrected chi connectivity index (χ4v) is 1.45. The zero-order valence-electron chi connectivity index (χ0n) is 11.4. The lowest BCUT2D eigenvalue weighted by Gasteiger charge is -2.27. The quantitative estimate of drug-likeness (QED) is 0.856. The number of nitrogens with one attached hydrogen (secondary N) is 1. The number of carbonyl (C=O) groups is 1. The number of rotatable bonds is 5. The number of aromatic nitrogens is 2. The molecule has 2 amide bonds. The first-order chi connectivity index (χ1) is 8.50. The van der Waals surface area contributed by atoms with Gasteiger partial charge in [0.2, 0.25) is 0 Å². The van der Waals surface area contributed by atoms with Crippen LogP contribution in [0.25, 0.3) is 0 Å². The third kappa shape index (κ3) is 4.67. The lowest BCUT2D eigenvalue weighted by atomic mass is 10.3. The first-order valence-electron chi connectivity index (χ1n) is 6.00. The molecule has 100 valence electrons. The molecule has 1 N–H and O–H groups in total. The molecule has 0 bridgehead atoms. The van der Waals surface area contributed by atoms with Crippen molar-refractivity contribution in [2.45, 2.75) is 19.9 Å². The van der Waals surface area contributed by atoms with Crippen molar-refractivity contribution in [1.29, 1.82) is 0 Å². The lowest BCUT2D eigenvalue weighted by molar-refractivity contribution is 0.189. The van der Waals surface area contributed by atoms with Crippen molar-refractivity contribution in [3.05, 3.63) is 18.3 Å². The van der Waals surface area contributed by atoms with E-state index in [0.29, 0.717) is 12.4 Å². The van der Waals surface area contributed by atoms with E-state index < -0.39 is 0 Å². The van der Waals surface area contributed by atoms with Crippen molar-refractivity contribution in [2.24, 2.45) is 0 Å². The number of amides is 2. The van der Waals surface area contributed by atoms with Crippen LogP contribution >= 0.6 is 0 Å². The minimum absolute atomic E-state index is 0.140. The van der Waals surface area contributed by atoms with Crippen molar-refractivity contribution < 1.29 is 4.79 Å². The summed E-state index contributed by atoms with van der Waals surface area (Å²) < 4.78 is 0. The molecule has 0 atom stereocenters. The van der Waals surface area contributed by atoms with E-state index in [1.807, 2.05) is 32.8 Å². The first kappa shape index (κ1) is 14.4. The van der Waals surface area contributed by atoms with Gasteiger partial charge >= 0.3 is 6.03 Å². The van der Waals surface area contributed by atoms with E-state index in [9.17, 15) is 4.79 Å². The smallest absolute Gasteiger partial charge is 0.321 e. The summed E-state index contributed by atoms with van der Waals surface area (Å²) in [4.78, 5) is 15.9. The maximum atomic E-state index is 12.1. The highest BCUT2D eigenvalue weighted by atomic mass is 16.2. The number of anilines is 1. The predicted octanol–water partition coefficient (Wildman–Crippen LogP) is 1.28. The predicted molar refractivity (Wildman–Crippen MR) is 71.4 cm³/mol. The van der Waals surface area contributed by atoms with Gasteiger partial charge in [-0.3, -0.25) is 5.32 Å². The van der Waals surface area contributed by atoms with E-state index in [1.165, 1.54) is 0 Å². The van der Waals surface area contributed by atoms with Gasteiger partial charge in [0.25, 0.3) is 0 Å². The van der Waals surface area contributed by atoms with Crippen LogP contribution in [0.5, 0.6) is 0 Å². The molecule has 0 spiro atoms. The van der Waals surface area contributed by atoms with Gasteiger partial charge in [0.15, 0.2) is 5.82 Å². The Morgan fingerprint density at radius 2 is 2.11 bits per heavy atom. The molecule has 0 unspecified atom stereocenters. The Bertz CT molecular complexity index is 366. The molecule has 1 aromatic rings. The highest BCUT2D eigenvalue weighted by Crippen LogP contribution is 2.04. The minimum atomic E-state index is -0.146. The van der Waals surface area contributed by atoms with Gasteiger partial charge in [-0.15, -0.1) is 5.10 Å². The van der Waals surface area contributed by atoms with Crippen LogP contribution < -0.4 is 5.32 Å². The molecule has 0 fully saturated rings. The van der Waals surface area contributed by atoms with Crippen LogP contribution in [-0.4, -0.2) is 59.3 Å². The van der Waals surface area contributed by atoms with Gasteiger partial charge in [-0.1, -0.05) is 0 Å². The molecular formula is C12H21N5O. The summed E-state index contributed by atoms with van der Waals surface area (Å²) >= 11 is 0. The van der Waals surface area contributed by atoms with Crippen LogP contribution in [0.3, 0.4) is 0 Å². The molecule has 6 nitrogen and oxygen atoms in total. The minimum Gasteiger partial charge on any atom is -0.321 e. The SMILES string of the molecule is CC(C)N(CCN(C)C)C(=O)Nc1cccnn1. The van der Waals surface area contributed by atoms with Gasteiger partial charge in [0.1, 0.15) is 0 Å². The van der Waals surface area contributed by atoms with E-state index in [0.717, 1.165) is 6.54 Å². The normalized spacial score (nSPS) is 10.8. The molecule has 18 heavy (non-hydrogen) atoms. The van der Waals surface area contributed by atoms with Crippen molar-refractivity contribution in [2.75, 3.05) is 32.5 Å². The molecule has 1 heterocycles. The molecule has 0 saturated carbocycles. The number of likely N-dealkylation sites (N-methyl/N-ethyl adjacent to an activating group) is 1. The van der Waals surface area contributed by atoms with E-state index in [2.05, 4.69) is 15.5 Å². The van der Waals surface area contributed by atoms with Crippen LogP contribution in [0.2, 0.25) is 0 Å². The molecule has 1 aromatic heterocycles. The van der Waals surface area contributed by atoms with Crippen molar-refractivity contribution in [3.63, 3.8) is 0 Å². The maximum Gasteiger partial charge on any atom is 0.323 e. The molecule has 1 rings (SSSR count). The number of carbonyl (C=O) groups excluding carboxylic acids is 1. The molecule has 6 heteroatoms.